The zero-order valence-electron chi connectivity index (χ0n) is 42.4. The van der Waals surface area contributed by atoms with Crippen molar-refractivity contribution in [3.8, 4) is 0 Å². The van der Waals surface area contributed by atoms with Crippen molar-refractivity contribution in [1.82, 2.24) is 0 Å². The lowest BCUT2D eigenvalue weighted by atomic mass is 9.42. The van der Waals surface area contributed by atoms with Crippen LogP contribution in [-0.4, -0.2) is 56.1 Å². The first-order valence-corrected chi connectivity index (χ1v) is 24.5. The van der Waals surface area contributed by atoms with Crippen LogP contribution in [0, 0.1) is 105 Å². The number of aliphatic hydroxyl groups is 2. The van der Waals surface area contributed by atoms with Gasteiger partial charge in [0.15, 0.2) is 0 Å². The van der Waals surface area contributed by atoms with E-state index in [4.69, 9.17) is 15.7 Å². The topological polar surface area (TPSA) is 149 Å². The quantitative estimate of drug-likeness (QED) is 0.170. The summed E-state index contributed by atoms with van der Waals surface area (Å²) < 4.78 is 34.3. The maximum Gasteiger partial charge on any atom is 0.303 e. The van der Waals surface area contributed by atoms with Gasteiger partial charge in [-0.3, -0.25) is 19.2 Å². The van der Waals surface area contributed by atoms with Gasteiger partial charge < -0.3 is 20.4 Å². The number of carbonyl (C=O) groups excluding carboxylic acids is 2. The van der Waals surface area contributed by atoms with E-state index in [1.54, 1.807) is 13.8 Å². The SMILES string of the molecule is [2H]C([2H])(C)C1C(=O)[C@@H]2[C@H](CC[C@]3(C)[C@@H]([C@H](C)CCC(=O)O)CC[C@@H]23)[C@@]2(C)CC[C@@H](O)C[C@@H]12.[2H]C([2H])(C)[C@H]1C(=O)[C@@H]2[C@H](CC[C@]3(C)[C@@H]([C@H](C)CCC(=O)O)CC[C@@H]23)[C@@]2(C)CC[C@@H](O)C[C@@H]12. The van der Waals surface area contributed by atoms with Crippen molar-refractivity contribution in [2.24, 2.45) is 105 Å². The van der Waals surface area contributed by atoms with E-state index in [2.05, 4.69) is 41.5 Å². The molecule has 0 aromatic carbocycles. The number of rotatable bonds is 10. The van der Waals surface area contributed by atoms with Crippen LogP contribution in [0.4, 0.5) is 0 Å². The maximum absolute atomic E-state index is 14.1. The van der Waals surface area contributed by atoms with E-state index in [1.807, 2.05) is 0 Å². The molecule has 0 heterocycles. The second-order valence-electron chi connectivity index (χ2n) is 23.2. The Balaban J connectivity index is 0.000000191. The van der Waals surface area contributed by atoms with Crippen molar-refractivity contribution < 1.29 is 45.1 Å². The number of Topliss-reactive ketones (excluding diaryl/α,β-unsaturated/α-hetero) is 2. The molecule has 0 aromatic rings. The number of ketones is 2. The molecule has 4 N–H and O–H groups in total. The van der Waals surface area contributed by atoms with E-state index in [-0.39, 0.29) is 93.4 Å². The number of hydrogen-bond donors (Lipinski definition) is 4. The van der Waals surface area contributed by atoms with Crippen LogP contribution in [0.15, 0.2) is 0 Å². The highest BCUT2D eigenvalue weighted by Gasteiger charge is 2.67. The van der Waals surface area contributed by atoms with E-state index in [0.717, 1.165) is 77.0 Å². The van der Waals surface area contributed by atoms with Crippen LogP contribution in [0.5, 0.6) is 0 Å². The van der Waals surface area contributed by atoms with Crippen molar-refractivity contribution in [2.75, 3.05) is 0 Å². The Morgan fingerprint density at radius 1 is 0.567 bits per heavy atom. The molecule has 340 valence electrons. The monoisotopic (exact) mass is 841 g/mol. The number of carboxylic acid groups (broad SMARTS) is 2. The lowest BCUT2D eigenvalue weighted by molar-refractivity contribution is -0.173. The Morgan fingerprint density at radius 3 is 1.23 bits per heavy atom. The zero-order valence-corrected chi connectivity index (χ0v) is 38.4. The minimum atomic E-state index is -1.59. The first kappa shape index (κ1) is 40.9. The molecule has 20 atom stereocenters. The molecule has 60 heavy (non-hydrogen) atoms. The highest BCUT2D eigenvalue weighted by molar-refractivity contribution is 5.86. The van der Waals surface area contributed by atoms with Gasteiger partial charge >= 0.3 is 11.9 Å². The summed E-state index contributed by atoms with van der Waals surface area (Å²) in [6, 6.07) is 0. The molecule has 8 fully saturated rings. The van der Waals surface area contributed by atoms with Gasteiger partial charge in [0.05, 0.1) is 12.2 Å². The van der Waals surface area contributed by atoms with E-state index >= 15 is 0 Å². The number of aliphatic hydroxyl groups excluding tert-OH is 2. The Labute approximate surface area is 368 Å². The number of fused-ring (bicyclic) bond motifs is 10. The van der Waals surface area contributed by atoms with Crippen molar-refractivity contribution >= 4 is 23.5 Å². The molecule has 8 aliphatic rings. The van der Waals surface area contributed by atoms with Crippen LogP contribution < -0.4 is 0 Å². The lowest BCUT2D eigenvalue weighted by Gasteiger charge is -2.62. The molecule has 0 aliphatic heterocycles. The van der Waals surface area contributed by atoms with Crippen LogP contribution in [0.2, 0.25) is 0 Å². The lowest BCUT2D eigenvalue weighted by Crippen LogP contribution is -2.60. The summed E-state index contributed by atoms with van der Waals surface area (Å²) >= 11 is 0. The van der Waals surface area contributed by atoms with Gasteiger partial charge in [0, 0.05) is 42.0 Å². The highest BCUT2D eigenvalue weighted by Crippen LogP contribution is 2.70. The second kappa shape index (κ2) is 17.3. The number of aliphatic carboxylic acids is 2. The van der Waals surface area contributed by atoms with Gasteiger partial charge in [0.1, 0.15) is 11.6 Å². The third-order valence-corrected chi connectivity index (χ3v) is 20.9. The van der Waals surface area contributed by atoms with Gasteiger partial charge in [-0.15, -0.1) is 0 Å². The molecule has 0 saturated heterocycles. The fourth-order valence-corrected chi connectivity index (χ4v) is 17.7. The van der Waals surface area contributed by atoms with Crippen LogP contribution in [0.3, 0.4) is 0 Å². The largest absolute Gasteiger partial charge is 0.481 e. The first-order chi connectivity index (χ1) is 29.6. The maximum atomic E-state index is 14.1. The fourth-order valence-electron chi connectivity index (χ4n) is 17.7. The van der Waals surface area contributed by atoms with Crippen LogP contribution >= 0.6 is 0 Å². The summed E-state index contributed by atoms with van der Waals surface area (Å²) in [6.45, 7) is 16.7. The van der Waals surface area contributed by atoms with E-state index in [1.165, 1.54) is 0 Å². The Kier molecular flexibility index (Phi) is 11.8. The molecule has 0 aromatic heterocycles. The van der Waals surface area contributed by atoms with Crippen LogP contribution in [-0.2, 0) is 19.2 Å². The van der Waals surface area contributed by atoms with Crippen LogP contribution in [0.1, 0.15) is 189 Å². The average Bonchev–Trinajstić information content (AvgIpc) is 3.73. The smallest absolute Gasteiger partial charge is 0.303 e. The van der Waals surface area contributed by atoms with Gasteiger partial charge in [-0.1, -0.05) is 55.4 Å². The molecule has 8 aliphatic carbocycles. The third kappa shape index (κ3) is 7.59. The third-order valence-electron chi connectivity index (χ3n) is 20.9. The first-order valence-electron chi connectivity index (χ1n) is 26.5. The summed E-state index contributed by atoms with van der Waals surface area (Å²) in [5.74, 6) is -0.329. The number of carboxylic acids is 2. The van der Waals surface area contributed by atoms with Gasteiger partial charge in [-0.25, -0.2) is 0 Å². The normalized spacial score (nSPS) is 50.6. The number of carbonyl (C=O) groups is 4. The molecule has 0 spiro atoms. The van der Waals surface area contributed by atoms with E-state index in [9.17, 15) is 29.4 Å². The predicted molar refractivity (Wildman–Crippen MR) is 234 cm³/mol. The molecule has 0 bridgehead atoms. The molecule has 8 heteroatoms. The van der Waals surface area contributed by atoms with Gasteiger partial charge in [-0.05, 0) is 196 Å². The van der Waals surface area contributed by atoms with Crippen molar-refractivity contribution in [1.29, 1.82) is 0 Å². The molecule has 8 saturated carbocycles. The van der Waals surface area contributed by atoms with Crippen molar-refractivity contribution in [3.63, 3.8) is 0 Å². The highest BCUT2D eigenvalue weighted by atomic mass is 16.4. The molecular formula is C52H84O8. The summed E-state index contributed by atoms with van der Waals surface area (Å²) in [5.41, 5.74) is -0.144. The average molecular weight is 841 g/mol. The van der Waals surface area contributed by atoms with Crippen molar-refractivity contribution in [2.45, 2.75) is 196 Å². The minimum absolute atomic E-state index is 0.0249. The fraction of sp³-hybridized carbons (Fsp3) is 0.923. The molecule has 0 amide bonds. The molecule has 0 radical (unpaired) electrons. The van der Waals surface area contributed by atoms with Gasteiger partial charge in [0.2, 0.25) is 0 Å². The van der Waals surface area contributed by atoms with Crippen LogP contribution in [0.25, 0.3) is 0 Å². The van der Waals surface area contributed by atoms with E-state index < -0.39 is 48.7 Å². The van der Waals surface area contributed by atoms with Gasteiger partial charge in [-0.2, -0.15) is 0 Å². The molecule has 1 unspecified atom stereocenters. The Morgan fingerprint density at radius 2 is 0.900 bits per heavy atom. The zero-order chi connectivity index (χ0) is 47.3. The Hall–Kier alpha value is -1.80. The van der Waals surface area contributed by atoms with E-state index in [0.29, 0.717) is 49.4 Å². The molecule has 8 rings (SSSR count). The minimum Gasteiger partial charge on any atom is -0.481 e. The predicted octanol–water partition coefficient (Wildman–Crippen LogP) is 10.6. The number of hydrogen-bond acceptors (Lipinski definition) is 6. The second-order valence-corrected chi connectivity index (χ2v) is 23.2. The summed E-state index contributed by atoms with van der Waals surface area (Å²) in [6.07, 6.45) is 10.3. The molecule has 8 nitrogen and oxygen atoms in total. The molecular weight excluding hydrogens is 753 g/mol. The summed E-state index contributed by atoms with van der Waals surface area (Å²) in [5, 5.41) is 39.2. The Bertz CT molecular complexity index is 1650. The summed E-state index contributed by atoms with van der Waals surface area (Å²) in [7, 11) is 0. The summed E-state index contributed by atoms with van der Waals surface area (Å²) in [4.78, 5) is 50.4. The van der Waals surface area contributed by atoms with Gasteiger partial charge in [0.25, 0.3) is 0 Å². The standard InChI is InChI=1S/2C26H42O4/c2*1-5-17-21-14-16(27)10-12-26(21,4)20-11-13-25(3)18(15(2)6-9-22(28)29)7-8-19(25)23(20)24(17)30/h2*15-21,23,27H,5-14H2,1-4H3,(H,28,29)/t15-,16-,17?,18-,19+,20+,21+,23+,25-,26-;15-,16-,17-,18-,19+,20+,21+,23+,25-,26-/m11/s1/i2*5D2. The van der Waals surface area contributed by atoms with Crippen molar-refractivity contribution in [3.05, 3.63) is 0 Å².